The zero-order valence-corrected chi connectivity index (χ0v) is 11.0. The van der Waals surface area contributed by atoms with E-state index in [9.17, 15) is 0 Å². The number of hydrazone groups is 2. The zero-order valence-electron chi connectivity index (χ0n) is 8.58. The molecule has 6 N–H and O–H groups in total. The Kier molecular flexibility index (Phi) is 5.46. The van der Waals surface area contributed by atoms with Crippen molar-refractivity contribution in [2.75, 3.05) is 0 Å². The van der Waals surface area contributed by atoms with Gasteiger partial charge in [0.2, 0.25) is 0 Å². The average molecular weight is 286 g/mol. The lowest BCUT2D eigenvalue weighted by Crippen LogP contribution is -2.24. The Labute approximate surface area is 113 Å². The molecular formula is C8H10N6S3. The van der Waals surface area contributed by atoms with Crippen LogP contribution in [-0.4, -0.2) is 22.7 Å². The monoisotopic (exact) mass is 286 g/mol. The maximum atomic E-state index is 5.23. The quantitative estimate of drug-likeness (QED) is 0.355. The third kappa shape index (κ3) is 5.33. The third-order valence-corrected chi connectivity index (χ3v) is 2.51. The van der Waals surface area contributed by atoms with E-state index in [-0.39, 0.29) is 10.2 Å². The van der Waals surface area contributed by atoms with Crippen molar-refractivity contribution in [2.45, 2.75) is 0 Å². The fourth-order valence-corrected chi connectivity index (χ4v) is 1.70. The molecule has 90 valence electrons. The summed E-state index contributed by atoms with van der Waals surface area (Å²) in [6, 6.07) is 1.89. The van der Waals surface area contributed by atoms with Crippen molar-refractivity contribution in [1.82, 2.24) is 10.9 Å². The van der Waals surface area contributed by atoms with Gasteiger partial charge in [-0.15, -0.1) is 11.3 Å². The summed E-state index contributed by atoms with van der Waals surface area (Å²) in [7, 11) is 0. The molecule has 17 heavy (non-hydrogen) atoms. The molecule has 0 spiro atoms. The highest BCUT2D eigenvalue weighted by molar-refractivity contribution is 7.80. The van der Waals surface area contributed by atoms with Crippen LogP contribution in [0.25, 0.3) is 0 Å². The molecule has 0 saturated heterocycles. The second-order valence-electron chi connectivity index (χ2n) is 2.71. The molecule has 0 fully saturated rings. The first-order valence-corrected chi connectivity index (χ1v) is 6.03. The molecule has 0 amide bonds. The van der Waals surface area contributed by atoms with Gasteiger partial charge in [-0.1, -0.05) is 0 Å². The van der Waals surface area contributed by atoms with Gasteiger partial charge in [-0.05, 0) is 35.9 Å². The molecule has 1 rings (SSSR count). The topological polar surface area (TPSA) is 101 Å². The van der Waals surface area contributed by atoms with E-state index in [1.54, 1.807) is 12.4 Å². The van der Waals surface area contributed by atoms with Crippen LogP contribution in [0.2, 0.25) is 0 Å². The highest BCUT2D eigenvalue weighted by Gasteiger charge is 1.98. The fourth-order valence-electron chi connectivity index (χ4n) is 0.862. The van der Waals surface area contributed by atoms with E-state index in [1.807, 2.05) is 11.4 Å². The number of hydrogen-bond acceptors (Lipinski definition) is 5. The molecule has 0 bridgehead atoms. The molecule has 0 aliphatic rings. The molecule has 0 atom stereocenters. The van der Waals surface area contributed by atoms with Gasteiger partial charge in [0, 0.05) is 5.56 Å². The van der Waals surface area contributed by atoms with E-state index < -0.39 is 0 Å². The van der Waals surface area contributed by atoms with Gasteiger partial charge >= 0.3 is 0 Å². The van der Waals surface area contributed by atoms with E-state index in [2.05, 4.69) is 45.5 Å². The number of thiophene rings is 1. The number of rotatable bonds is 4. The van der Waals surface area contributed by atoms with Crippen LogP contribution in [0.4, 0.5) is 0 Å². The minimum atomic E-state index is 0.113. The van der Waals surface area contributed by atoms with Crippen LogP contribution in [-0.2, 0) is 0 Å². The normalized spacial score (nSPS) is 10.8. The SMILES string of the molecule is NC(=S)N/N=C/c1ccsc1/C=N/NC(N)=S. The number of nitrogens with zero attached hydrogens (tertiary/aromatic N) is 2. The first-order chi connectivity index (χ1) is 8.09. The Hall–Kier alpha value is -1.58. The lowest BCUT2D eigenvalue weighted by atomic mass is 10.3. The number of nitrogens with one attached hydrogen (secondary N) is 2. The Balaban J connectivity index is 2.65. The Morgan fingerprint density at radius 2 is 1.76 bits per heavy atom. The van der Waals surface area contributed by atoms with Crippen LogP contribution in [0.5, 0.6) is 0 Å². The standard InChI is InChI=1S/C8H10N6S3/c9-7(15)13-11-3-5-1-2-17-6(5)4-12-14-8(10)16/h1-4H,(H3,9,13,15)(H3,10,14,16)/b11-3+,12-4+. The van der Waals surface area contributed by atoms with Crippen molar-refractivity contribution in [1.29, 1.82) is 0 Å². The Morgan fingerprint density at radius 1 is 1.18 bits per heavy atom. The molecule has 1 aromatic rings. The predicted molar refractivity (Wildman–Crippen MR) is 79.3 cm³/mol. The summed E-state index contributed by atoms with van der Waals surface area (Å²) >= 11 is 10.7. The summed E-state index contributed by atoms with van der Waals surface area (Å²) < 4.78 is 0. The molecule has 0 aliphatic heterocycles. The van der Waals surface area contributed by atoms with Gasteiger partial charge in [0.15, 0.2) is 10.2 Å². The maximum Gasteiger partial charge on any atom is 0.184 e. The highest BCUT2D eigenvalue weighted by Crippen LogP contribution is 2.11. The summed E-state index contributed by atoms with van der Waals surface area (Å²) in [4.78, 5) is 0.905. The smallest absolute Gasteiger partial charge is 0.184 e. The second-order valence-corrected chi connectivity index (χ2v) is 4.54. The molecule has 1 heterocycles. The molecule has 0 saturated carbocycles. The predicted octanol–water partition coefficient (Wildman–Crippen LogP) is 0.0823. The third-order valence-electron chi connectivity index (χ3n) is 1.46. The maximum absolute atomic E-state index is 5.23. The summed E-state index contributed by atoms with van der Waals surface area (Å²) in [5, 5.41) is 9.84. The fraction of sp³-hybridized carbons (Fsp3) is 0. The van der Waals surface area contributed by atoms with Crippen molar-refractivity contribution in [2.24, 2.45) is 21.7 Å². The van der Waals surface area contributed by atoms with E-state index in [0.717, 1.165) is 10.4 Å². The molecule has 6 nitrogen and oxygen atoms in total. The summed E-state index contributed by atoms with van der Waals surface area (Å²) in [6.45, 7) is 0. The molecule has 0 radical (unpaired) electrons. The van der Waals surface area contributed by atoms with Crippen molar-refractivity contribution in [3.8, 4) is 0 Å². The molecular weight excluding hydrogens is 276 g/mol. The van der Waals surface area contributed by atoms with Crippen molar-refractivity contribution >= 4 is 58.4 Å². The van der Waals surface area contributed by atoms with Crippen molar-refractivity contribution in [3.05, 3.63) is 21.9 Å². The van der Waals surface area contributed by atoms with Crippen molar-refractivity contribution < 1.29 is 0 Å². The zero-order chi connectivity index (χ0) is 12.7. The number of nitrogens with two attached hydrogens (primary N) is 2. The molecule has 0 unspecified atom stereocenters. The molecule has 0 aromatic carbocycles. The van der Waals surface area contributed by atoms with E-state index in [1.165, 1.54) is 11.3 Å². The first kappa shape index (κ1) is 13.5. The van der Waals surface area contributed by atoms with Gasteiger partial charge in [0.05, 0.1) is 17.3 Å². The number of thiocarbonyl (C=S) groups is 2. The van der Waals surface area contributed by atoms with Gasteiger partial charge in [-0.3, -0.25) is 10.9 Å². The molecule has 0 aliphatic carbocycles. The second kappa shape index (κ2) is 6.89. The molecule has 1 aromatic heterocycles. The summed E-state index contributed by atoms with van der Waals surface area (Å²) in [5.74, 6) is 0. The van der Waals surface area contributed by atoms with Crippen LogP contribution < -0.4 is 22.3 Å². The molecule has 9 heteroatoms. The Morgan fingerprint density at radius 3 is 2.35 bits per heavy atom. The minimum absolute atomic E-state index is 0.113. The van der Waals surface area contributed by atoms with Gasteiger partial charge in [0.25, 0.3) is 0 Å². The van der Waals surface area contributed by atoms with Crippen molar-refractivity contribution in [3.63, 3.8) is 0 Å². The van der Waals surface area contributed by atoms with Gasteiger partial charge in [-0.2, -0.15) is 10.2 Å². The lowest BCUT2D eigenvalue weighted by molar-refractivity contribution is 1.04. The summed E-state index contributed by atoms with van der Waals surface area (Å²) in [5.41, 5.74) is 16.3. The largest absolute Gasteiger partial charge is 0.375 e. The summed E-state index contributed by atoms with van der Waals surface area (Å²) in [6.07, 6.45) is 3.20. The number of hydrogen-bond donors (Lipinski definition) is 4. The lowest BCUT2D eigenvalue weighted by Gasteiger charge is -1.95. The van der Waals surface area contributed by atoms with Crippen LogP contribution in [0.3, 0.4) is 0 Å². The minimum Gasteiger partial charge on any atom is -0.375 e. The van der Waals surface area contributed by atoms with Gasteiger partial charge in [0.1, 0.15) is 0 Å². The van der Waals surface area contributed by atoms with Gasteiger partial charge in [-0.25, -0.2) is 0 Å². The van der Waals surface area contributed by atoms with E-state index in [0.29, 0.717) is 0 Å². The van der Waals surface area contributed by atoms with Crippen LogP contribution in [0, 0.1) is 0 Å². The van der Waals surface area contributed by atoms with Crippen LogP contribution in [0.15, 0.2) is 21.6 Å². The average Bonchev–Trinajstić information content (AvgIpc) is 2.65. The van der Waals surface area contributed by atoms with Crippen LogP contribution >= 0.6 is 35.8 Å². The van der Waals surface area contributed by atoms with E-state index in [4.69, 9.17) is 11.5 Å². The van der Waals surface area contributed by atoms with Gasteiger partial charge < -0.3 is 11.5 Å². The van der Waals surface area contributed by atoms with Crippen LogP contribution in [0.1, 0.15) is 10.4 Å². The Bertz CT molecular complexity index is 423. The van der Waals surface area contributed by atoms with E-state index >= 15 is 0 Å². The highest BCUT2D eigenvalue weighted by atomic mass is 32.1. The first-order valence-electron chi connectivity index (χ1n) is 4.34.